The molecule has 1 fully saturated rings. The van der Waals surface area contributed by atoms with E-state index in [9.17, 15) is 5.11 Å². The van der Waals surface area contributed by atoms with Crippen LogP contribution in [0.3, 0.4) is 0 Å². The molecule has 0 spiro atoms. The average Bonchev–Trinajstić information content (AvgIpc) is 2.59. The lowest BCUT2D eigenvalue weighted by molar-refractivity contribution is -0.260. The van der Waals surface area contributed by atoms with E-state index in [-0.39, 0.29) is 17.5 Å². The highest BCUT2D eigenvalue weighted by Crippen LogP contribution is 2.37. The van der Waals surface area contributed by atoms with Crippen LogP contribution in [0.4, 0.5) is 0 Å². The topological polar surface area (TPSA) is 47.9 Å². The van der Waals surface area contributed by atoms with Crippen LogP contribution < -0.4 is 5.11 Å². The van der Waals surface area contributed by atoms with Gasteiger partial charge in [0.15, 0.2) is 0 Å². The number of nitrogens with zero attached hydrogens (tertiary/aromatic N) is 2. The molecule has 116 valence electrons. The summed E-state index contributed by atoms with van der Waals surface area (Å²) in [5.41, 5.74) is -0.558. The predicted molar refractivity (Wildman–Crippen MR) is 91.8 cm³/mol. The number of hydrogen-bond donors (Lipinski definition) is 1. The van der Waals surface area contributed by atoms with Crippen molar-refractivity contribution in [2.45, 2.75) is 51.1 Å². The molecular formula is C13H23N2O2S3-. The SMILES string of the molecule is CC(C)(C)OC([O-])=NCC(=S)N1[C@H](CS)SCC1(C)C. The number of thioether (sulfide) groups is 1. The minimum absolute atomic E-state index is 0.0292. The van der Waals surface area contributed by atoms with Gasteiger partial charge in [-0.3, -0.25) is 4.99 Å². The van der Waals surface area contributed by atoms with Crippen LogP contribution in [0.5, 0.6) is 0 Å². The van der Waals surface area contributed by atoms with E-state index in [4.69, 9.17) is 17.0 Å². The Morgan fingerprint density at radius 3 is 2.65 bits per heavy atom. The zero-order valence-electron chi connectivity index (χ0n) is 12.7. The van der Waals surface area contributed by atoms with Gasteiger partial charge in [-0.25, -0.2) is 0 Å². The van der Waals surface area contributed by atoms with Gasteiger partial charge in [-0.1, -0.05) is 33.0 Å². The van der Waals surface area contributed by atoms with Gasteiger partial charge in [0.2, 0.25) is 0 Å². The molecule has 0 radical (unpaired) electrons. The Hall–Kier alpha value is -0.140. The molecule has 0 N–H and O–H groups in total. The van der Waals surface area contributed by atoms with E-state index >= 15 is 0 Å². The molecule has 1 saturated heterocycles. The summed E-state index contributed by atoms with van der Waals surface area (Å²) in [6.45, 7) is 9.92. The summed E-state index contributed by atoms with van der Waals surface area (Å²) in [6, 6.07) is 0. The van der Waals surface area contributed by atoms with Gasteiger partial charge in [0.1, 0.15) is 11.1 Å². The van der Waals surface area contributed by atoms with E-state index < -0.39 is 11.7 Å². The molecule has 0 bridgehead atoms. The lowest BCUT2D eigenvalue weighted by Gasteiger charge is -2.36. The second-order valence-electron chi connectivity index (χ2n) is 6.32. The second kappa shape index (κ2) is 6.75. The maximum absolute atomic E-state index is 11.6. The van der Waals surface area contributed by atoms with Crippen LogP contribution in [0.25, 0.3) is 0 Å². The molecule has 0 unspecified atom stereocenters. The fraction of sp³-hybridized carbons (Fsp3) is 0.846. The van der Waals surface area contributed by atoms with Crippen molar-refractivity contribution in [2.24, 2.45) is 4.99 Å². The summed E-state index contributed by atoms with van der Waals surface area (Å²) in [7, 11) is 0. The Kier molecular flexibility index (Phi) is 6.04. The van der Waals surface area contributed by atoms with E-state index in [2.05, 4.69) is 36.4 Å². The molecule has 0 amide bonds. The van der Waals surface area contributed by atoms with Gasteiger partial charge in [0.25, 0.3) is 0 Å². The third kappa shape index (κ3) is 5.00. The van der Waals surface area contributed by atoms with Crippen molar-refractivity contribution in [1.29, 1.82) is 0 Å². The highest BCUT2D eigenvalue weighted by molar-refractivity contribution is 8.01. The molecule has 1 aliphatic rings. The van der Waals surface area contributed by atoms with Crippen LogP contribution in [-0.2, 0) is 4.74 Å². The smallest absolute Gasteiger partial charge is 0.146 e. The Balaban J connectivity index is 2.68. The van der Waals surface area contributed by atoms with Crippen LogP contribution in [0.2, 0.25) is 0 Å². The Morgan fingerprint density at radius 1 is 1.55 bits per heavy atom. The molecule has 0 aromatic carbocycles. The molecule has 1 aliphatic heterocycles. The summed E-state index contributed by atoms with van der Waals surface area (Å²) in [4.78, 5) is 6.73. The van der Waals surface area contributed by atoms with E-state index in [1.165, 1.54) is 0 Å². The van der Waals surface area contributed by atoms with Crippen LogP contribution >= 0.6 is 36.6 Å². The molecule has 0 aromatic rings. The fourth-order valence-corrected chi connectivity index (χ4v) is 4.36. The predicted octanol–water partition coefficient (Wildman–Crippen LogP) is 1.93. The molecule has 1 heterocycles. The summed E-state index contributed by atoms with van der Waals surface area (Å²) >= 11 is 11.6. The average molecular weight is 336 g/mol. The normalized spacial score (nSPS) is 23.0. The quantitative estimate of drug-likeness (QED) is 0.370. The molecule has 1 rings (SSSR count). The van der Waals surface area contributed by atoms with Gasteiger partial charge < -0.3 is 14.7 Å². The molecule has 7 heteroatoms. The van der Waals surface area contributed by atoms with Gasteiger partial charge in [-0.05, 0) is 13.8 Å². The van der Waals surface area contributed by atoms with Gasteiger partial charge in [0, 0.05) is 22.6 Å². The van der Waals surface area contributed by atoms with Gasteiger partial charge in [0.05, 0.1) is 11.9 Å². The van der Waals surface area contributed by atoms with Crippen molar-refractivity contribution in [2.75, 3.05) is 18.1 Å². The fourth-order valence-electron chi connectivity index (χ4n) is 1.97. The van der Waals surface area contributed by atoms with E-state index in [0.29, 0.717) is 4.99 Å². The van der Waals surface area contributed by atoms with Gasteiger partial charge in [-0.15, -0.1) is 11.8 Å². The first-order valence-electron chi connectivity index (χ1n) is 6.52. The van der Waals surface area contributed by atoms with Crippen molar-refractivity contribution >= 4 is 47.7 Å². The third-order valence-corrected chi connectivity index (χ3v) is 5.28. The standard InChI is InChI=1S/C13H24N2O2S3/c1-12(2,3)17-11(16)14-6-9(19)15-10(7-18)20-8-13(15,4)5/h10,18H,6-8H2,1-5H3,(H,14,16)/p-1/t10-/m0/s1. The maximum Gasteiger partial charge on any atom is 0.146 e. The molecule has 20 heavy (non-hydrogen) atoms. The first kappa shape index (κ1) is 17.9. The largest absolute Gasteiger partial charge is 0.595 e. The highest BCUT2D eigenvalue weighted by atomic mass is 32.2. The highest BCUT2D eigenvalue weighted by Gasteiger charge is 2.40. The van der Waals surface area contributed by atoms with Crippen LogP contribution in [0.1, 0.15) is 34.6 Å². The first-order valence-corrected chi connectivity index (χ1v) is 8.61. The third-order valence-electron chi connectivity index (χ3n) is 2.73. The van der Waals surface area contributed by atoms with Gasteiger partial charge >= 0.3 is 0 Å². The number of thiol groups is 1. The second-order valence-corrected chi connectivity index (χ2v) is 8.32. The lowest BCUT2D eigenvalue weighted by Crippen LogP contribution is -2.49. The van der Waals surface area contributed by atoms with E-state index in [1.807, 2.05) is 32.5 Å². The summed E-state index contributed by atoms with van der Waals surface area (Å²) in [6.07, 6.45) is -0.563. The Morgan fingerprint density at radius 2 is 2.15 bits per heavy atom. The summed E-state index contributed by atoms with van der Waals surface area (Å²) < 4.78 is 5.15. The van der Waals surface area contributed by atoms with Crippen molar-refractivity contribution in [3.8, 4) is 0 Å². The van der Waals surface area contributed by atoms with E-state index in [0.717, 1.165) is 11.5 Å². The number of thiocarbonyl (C=S) groups is 1. The zero-order chi connectivity index (χ0) is 15.6. The van der Waals surface area contributed by atoms with E-state index in [1.54, 1.807) is 0 Å². The van der Waals surface area contributed by atoms with Crippen molar-refractivity contribution in [1.82, 2.24) is 4.90 Å². The minimum Gasteiger partial charge on any atom is -0.595 e. The Bertz CT molecular complexity index is 392. The molecule has 0 aliphatic carbocycles. The Labute approximate surface area is 136 Å². The first-order chi connectivity index (χ1) is 9.07. The van der Waals surface area contributed by atoms with Crippen LogP contribution in [0, 0.1) is 0 Å². The number of hydrogen-bond acceptors (Lipinski definition) is 6. The summed E-state index contributed by atoms with van der Waals surface area (Å²) in [5, 5.41) is 11.8. The monoisotopic (exact) mass is 335 g/mol. The van der Waals surface area contributed by atoms with Crippen molar-refractivity contribution in [3.63, 3.8) is 0 Å². The number of rotatable bonds is 3. The molecule has 1 atom stereocenters. The molecular weight excluding hydrogens is 312 g/mol. The minimum atomic E-state index is -0.563. The number of aliphatic imine (C=N–C) groups is 1. The molecule has 4 nitrogen and oxygen atoms in total. The molecule has 0 aromatic heterocycles. The van der Waals surface area contributed by atoms with Crippen LogP contribution in [0.15, 0.2) is 4.99 Å². The van der Waals surface area contributed by atoms with Crippen LogP contribution in [-0.4, -0.2) is 50.5 Å². The zero-order valence-corrected chi connectivity index (χ0v) is 15.2. The summed E-state index contributed by atoms with van der Waals surface area (Å²) in [5.74, 6) is 1.71. The number of ether oxygens (including phenoxy) is 1. The molecule has 0 saturated carbocycles. The van der Waals surface area contributed by atoms with Gasteiger partial charge in [-0.2, -0.15) is 12.6 Å². The maximum atomic E-state index is 11.6. The van der Waals surface area contributed by atoms with Crippen molar-refractivity contribution in [3.05, 3.63) is 0 Å². The lowest BCUT2D eigenvalue weighted by atomic mass is 10.1. The van der Waals surface area contributed by atoms with Crippen molar-refractivity contribution < 1.29 is 9.84 Å².